The van der Waals surface area contributed by atoms with Crippen LogP contribution < -0.4 is 10.7 Å². The summed E-state index contributed by atoms with van der Waals surface area (Å²) in [5.41, 5.74) is 6.88. The minimum Gasteiger partial charge on any atom is -0.354 e. The molecule has 35 heavy (non-hydrogen) atoms. The molecule has 0 aromatic heterocycles. The fourth-order valence-electron chi connectivity index (χ4n) is 5.02. The van der Waals surface area contributed by atoms with Crippen LogP contribution >= 0.6 is 11.6 Å². The molecule has 1 saturated carbocycles. The van der Waals surface area contributed by atoms with Gasteiger partial charge in [-0.15, -0.1) is 0 Å². The molecular weight excluding hydrogens is 452 g/mol. The highest BCUT2D eigenvalue weighted by atomic mass is 35.5. The Balaban J connectivity index is 1.64. The number of anilines is 2. The molecule has 2 aliphatic carbocycles. The predicted octanol–water partition coefficient (Wildman–Crippen LogP) is 7.76. The molecule has 0 spiro atoms. The molecule has 3 aromatic rings. The third kappa shape index (κ3) is 4.54. The third-order valence-electron chi connectivity index (χ3n) is 6.72. The van der Waals surface area contributed by atoms with Gasteiger partial charge in [-0.25, -0.2) is 4.98 Å². The molecule has 0 saturated heterocycles. The Morgan fingerprint density at radius 3 is 2.34 bits per heavy atom. The van der Waals surface area contributed by atoms with Gasteiger partial charge in [0.2, 0.25) is 0 Å². The summed E-state index contributed by atoms with van der Waals surface area (Å²) >= 11 is 6.36. The standard InChI is InChI=1S/C30H27ClN4/c31-21-16-17-29-27(18-21)34-28-19-25(32-22-10-4-1-5-11-22)26(33-23-12-6-2-7-13-23)20-30(28)35(29)24-14-8-3-9-15-24/h1,3-5,8-11,14-20,23,32H,2,6-7,12-13H2. The molecule has 6 rings (SSSR count). The Bertz CT molecular complexity index is 1500. The predicted molar refractivity (Wildman–Crippen MR) is 145 cm³/mol. The van der Waals surface area contributed by atoms with Crippen LogP contribution in [-0.2, 0) is 0 Å². The summed E-state index contributed by atoms with van der Waals surface area (Å²) in [6, 6.07) is 31.3. The lowest BCUT2D eigenvalue weighted by atomic mass is 9.96. The van der Waals surface area contributed by atoms with Gasteiger partial charge in [-0.1, -0.05) is 67.3 Å². The van der Waals surface area contributed by atoms with Gasteiger partial charge in [0.05, 0.1) is 39.5 Å². The minimum absolute atomic E-state index is 0.356. The minimum atomic E-state index is 0.356. The number of halogens is 1. The van der Waals surface area contributed by atoms with Crippen molar-refractivity contribution in [3.05, 3.63) is 101 Å². The van der Waals surface area contributed by atoms with E-state index in [2.05, 4.69) is 58.4 Å². The van der Waals surface area contributed by atoms with E-state index < -0.39 is 0 Å². The number of nitrogens with zero attached hydrogens (tertiary/aromatic N) is 3. The summed E-state index contributed by atoms with van der Waals surface area (Å²) in [4.78, 5) is 10.3. The van der Waals surface area contributed by atoms with Crippen molar-refractivity contribution < 1.29 is 0 Å². The average Bonchev–Trinajstić information content (AvgIpc) is 2.89. The molecule has 0 radical (unpaired) electrons. The van der Waals surface area contributed by atoms with E-state index in [-0.39, 0.29) is 0 Å². The van der Waals surface area contributed by atoms with Crippen LogP contribution in [0.15, 0.2) is 96.0 Å². The van der Waals surface area contributed by atoms with Gasteiger partial charge in [0.1, 0.15) is 0 Å². The molecule has 0 bridgehead atoms. The van der Waals surface area contributed by atoms with Crippen molar-refractivity contribution in [1.82, 2.24) is 9.55 Å². The Morgan fingerprint density at radius 1 is 0.829 bits per heavy atom. The second kappa shape index (κ2) is 9.55. The average molecular weight is 479 g/mol. The summed E-state index contributed by atoms with van der Waals surface area (Å²) in [5.74, 6) is 0. The van der Waals surface area contributed by atoms with Gasteiger partial charge >= 0.3 is 0 Å². The summed E-state index contributed by atoms with van der Waals surface area (Å²) in [6.07, 6.45) is 6.11. The number of nitrogens with one attached hydrogen (secondary N) is 1. The van der Waals surface area contributed by atoms with E-state index in [9.17, 15) is 0 Å². The fraction of sp³-hybridized carbons (Fsp3) is 0.200. The molecular formula is C30H27ClN4. The topological polar surface area (TPSA) is 42.2 Å². The van der Waals surface area contributed by atoms with E-state index in [0.29, 0.717) is 11.1 Å². The second-order valence-electron chi connectivity index (χ2n) is 9.19. The normalized spacial score (nSPS) is 15.1. The quantitative estimate of drug-likeness (QED) is 0.268. The number of para-hydroxylation sites is 2. The summed E-state index contributed by atoms with van der Waals surface area (Å²) in [5, 5.41) is 5.26. The summed E-state index contributed by atoms with van der Waals surface area (Å²) < 4.78 is 2.26. The first kappa shape index (κ1) is 21.9. The number of rotatable bonds is 4. The van der Waals surface area contributed by atoms with Gasteiger partial charge in [-0.05, 0) is 67.4 Å². The first-order valence-electron chi connectivity index (χ1n) is 12.3. The molecule has 3 aromatic carbocycles. The van der Waals surface area contributed by atoms with Crippen molar-refractivity contribution in [1.29, 1.82) is 0 Å². The lowest BCUT2D eigenvalue weighted by molar-refractivity contribution is 0.437. The van der Waals surface area contributed by atoms with E-state index in [1.54, 1.807) is 0 Å². The van der Waals surface area contributed by atoms with Gasteiger partial charge in [-0.2, -0.15) is 0 Å². The van der Waals surface area contributed by atoms with Gasteiger partial charge in [0.25, 0.3) is 0 Å². The molecule has 3 aliphatic rings. The zero-order valence-electron chi connectivity index (χ0n) is 19.5. The molecule has 1 N–H and O–H groups in total. The van der Waals surface area contributed by atoms with Crippen molar-refractivity contribution in [2.75, 3.05) is 5.32 Å². The van der Waals surface area contributed by atoms with Crippen LogP contribution in [0, 0.1) is 0 Å². The molecule has 1 aliphatic heterocycles. The van der Waals surface area contributed by atoms with Gasteiger partial charge < -0.3 is 9.88 Å². The van der Waals surface area contributed by atoms with Gasteiger partial charge in [0, 0.05) is 16.4 Å². The second-order valence-corrected chi connectivity index (χ2v) is 9.62. The molecule has 0 unspecified atom stereocenters. The molecule has 1 fully saturated rings. The zero-order valence-corrected chi connectivity index (χ0v) is 20.2. The first-order chi connectivity index (χ1) is 17.2. The number of fused-ring (bicyclic) bond motifs is 2. The van der Waals surface area contributed by atoms with E-state index >= 15 is 0 Å². The molecule has 0 amide bonds. The number of aromatic nitrogens is 2. The SMILES string of the molecule is Clc1ccc2c(c1)nc1cc(Nc3ccccc3)c(=NC3CCCCC3)cc-1n2-c1ccccc1. The maximum Gasteiger partial charge on any atom is 0.0900 e. The zero-order chi connectivity index (χ0) is 23.6. The van der Waals surface area contributed by atoms with Crippen molar-refractivity contribution >= 4 is 34.0 Å². The van der Waals surface area contributed by atoms with Crippen LogP contribution in [-0.4, -0.2) is 15.6 Å². The number of hydrogen-bond donors (Lipinski definition) is 1. The van der Waals surface area contributed by atoms with Crippen molar-refractivity contribution in [2.45, 2.75) is 38.1 Å². The lowest BCUT2D eigenvalue weighted by Crippen LogP contribution is -2.19. The summed E-state index contributed by atoms with van der Waals surface area (Å²) in [6.45, 7) is 0. The number of hydrogen-bond acceptors (Lipinski definition) is 3. The molecule has 4 nitrogen and oxygen atoms in total. The molecule has 5 heteroatoms. The monoisotopic (exact) mass is 478 g/mol. The van der Waals surface area contributed by atoms with Crippen LogP contribution in [0.2, 0.25) is 5.02 Å². The maximum absolute atomic E-state index is 6.36. The first-order valence-corrected chi connectivity index (χ1v) is 12.7. The Hall–Kier alpha value is -3.63. The van der Waals surface area contributed by atoms with Crippen LogP contribution in [0.25, 0.3) is 28.1 Å². The van der Waals surface area contributed by atoms with Crippen LogP contribution in [0.3, 0.4) is 0 Å². The Morgan fingerprint density at radius 2 is 1.57 bits per heavy atom. The van der Waals surface area contributed by atoms with Crippen molar-refractivity contribution in [3.63, 3.8) is 0 Å². The Kier molecular flexibility index (Phi) is 5.97. The largest absolute Gasteiger partial charge is 0.354 e. The van der Waals surface area contributed by atoms with Gasteiger partial charge in [0.15, 0.2) is 0 Å². The highest BCUT2D eigenvalue weighted by Crippen LogP contribution is 2.31. The third-order valence-corrected chi connectivity index (χ3v) is 6.95. The summed E-state index contributed by atoms with van der Waals surface area (Å²) in [7, 11) is 0. The molecule has 1 heterocycles. The van der Waals surface area contributed by atoms with Crippen LogP contribution in [0.5, 0.6) is 0 Å². The molecule has 0 atom stereocenters. The smallest absolute Gasteiger partial charge is 0.0900 e. The van der Waals surface area contributed by atoms with E-state index in [1.165, 1.54) is 19.3 Å². The van der Waals surface area contributed by atoms with Crippen molar-refractivity contribution in [2.24, 2.45) is 4.99 Å². The Labute approximate surface area is 210 Å². The van der Waals surface area contributed by atoms with E-state index in [0.717, 1.165) is 57.7 Å². The lowest BCUT2D eigenvalue weighted by Gasteiger charge is -2.22. The van der Waals surface area contributed by atoms with E-state index in [4.69, 9.17) is 21.6 Å². The van der Waals surface area contributed by atoms with E-state index in [1.807, 2.05) is 42.5 Å². The van der Waals surface area contributed by atoms with Crippen molar-refractivity contribution in [3.8, 4) is 17.1 Å². The highest BCUT2D eigenvalue weighted by molar-refractivity contribution is 6.31. The highest BCUT2D eigenvalue weighted by Gasteiger charge is 2.18. The van der Waals surface area contributed by atoms with Crippen LogP contribution in [0.1, 0.15) is 32.1 Å². The van der Waals surface area contributed by atoms with Crippen LogP contribution in [0.4, 0.5) is 11.4 Å². The van der Waals surface area contributed by atoms with Gasteiger partial charge in [-0.3, -0.25) is 4.99 Å². The molecule has 174 valence electrons. The number of benzene rings is 4. The fourth-order valence-corrected chi connectivity index (χ4v) is 5.18. The maximum atomic E-state index is 6.36.